The predicted molar refractivity (Wildman–Crippen MR) is 85.1 cm³/mol. The van der Waals surface area contributed by atoms with Gasteiger partial charge in [-0.15, -0.1) is 0 Å². The molecule has 1 heterocycles. The summed E-state index contributed by atoms with van der Waals surface area (Å²) in [7, 11) is 0. The summed E-state index contributed by atoms with van der Waals surface area (Å²) >= 11 is 3.36. The largest absolute Gasteiger partial charge is 0.361 e. The Labute approximate surface area is 129 Å². The third kappa shape index (κ3) is 2.54. The number of aromatic amines is 1. The Morgan fingerprint density at radius 3 is 2.86 bits per heavy atom. The van der Waals surface area contributed by atoms with Crippen molar-refractivity contribution in [3.8, 4) is 6.07 Å². The maximum Gasteiger partial charge on any atom is 0.256 e. The van der Waals surface area contributed by atoms with Crippen LogP contribution in [-0.4, -0.2) is 10.9 Å². The van der Waals surface area contributed by atoms with Gasteiger partial charge in [-0.3, -0.25) is 4.79 Å². The van der Waals surface area contributed by atoms with Crippen LogP contribution in [0.15, 0.2) is 53.1 Å². The molecule has 0 aliphatic rings. The summed E-state index contributed by atoms with van der Waals surface area (Å²) in [6.07, 6.45) is 1.80. The number of aromatic nitrogens is 1. The highest BCUT2D eigenvalue weighted by molar-refractivity contribution is 9.10. The molecule has 2 aromatic carbocycles. The molecular weight excluding hydrogens is 330 g/mol. The molecule has 1 aromatic heterocycles. The number of carbonyl (C=O) groups excluding carboxylic acids is 1. The number of hydrogen-bond donors (Lipinski definition) is 2. The average molecular weight is 340 g/mol. The molecule has 0 atom stereocenters. The Bertz CT molecular complexity index is 877. The Kier molecular flexibility index (Phi) is 3.46. The van der Waals surface area contributed by atoms with E-state index in [-0.39, 0.29) is 5.91 Å². The van der Waals surface area contributed by atoms with Gasteiger partial charge in [-0.05, 0) is 52.3 Å². The molecule has 2 N–H and O–H groups in total. The average Bonchev–Trinajstić information content (AvgIpc) is 2.97. The van der Waals surface area contributed by atoms with Crippen LogP contribution in [0.5, 0.6) is 0 Å². The van der Waals surface area contributed by atoms with Crippen molar-refractivity contribution in [3.63, 3.8) is 0 Å². The number of hydrogen-bond acceptors (Lipinski definition) is 2. The summed E-state index contributed by atoms with van der Waals surface area (Å²) in [5.74, 6) is -0.189. The van der Waals surface area contributed by atoms with E-state index in [1.807, 2.05) is 18.2 Å². The molecular formula is C16H10BrN3O. The van der Waals surface area contributed by atoms with Crippen LogP contribution < -0.4 is 5.32 Å². The summed E-state index contributed by atoms with van der Waals surface area (Å²) < 4.78 is 0.677. The summed E-state index contributed by atoms with van der Waals surface area (Å²) in [6, 6.07) is 14.5. The second kappa shape index (κ2) is 5.43. The van der Waals surface area contributed by atoms with E-state index in [0.717, 1.165) is 10.9 Å². The third-order valence-electron chi connectivity index (χ3n) is 3.19. The molecule has 0 unspecified atom stereocenters. The molecule has 0 spiro atoms. The zero-order valence-electron chi connectivity index (χ0n) is 10.9. The number of anilines is 1. The molecule has 5 heteroatoms. The monoisotopic (exact) mass is 339 g/mol. The van der Waals surface area contributed by atoms with Gasteiger partial charge in [-0.25, -0.2) is 0 Å². The second-order valence-electron chi connectivity index (χ2n) is 4.51. The quantitative estimate of drug-likeness (QED) is 0.739. The van der Waals surface area contributed by atoms with E-state index in [1.54, 1.807) is 30.5 Å². The molecule has 1 amide bonds. The van der Waals surface area contributed by atoms with Crippen LogP contribution in [0.3, 0.4) is 0 Å². The second-order valence-corrected chi connectivity index (χ2v) is 5.36. The molecule has 0 bridgehead atoms. The molecule has 102 valence electrons. The molecule has 0 fully saturated rings. The van der Waals surface area contributed by atoms with Gasteiger partial charge in [0, 0.05) is 27.1 Å². The molecule has 0 aliphatic carbocycles. The van der Waals surface area contributed by atoms with Crippen molar-refractivity contribution < 1.29 is 4.79 Å². The number of nitriles is 1. The highest BCUT2D eigenvalue weighted by Crippen LogP contribution is 2.25. The molecule has 3 rings (SSSR count). The van der Waals surface area contributed by atoms with Crippen molar-refractivity contribution in [2.45, 2.75) is 0 Å². The molecule has 0 aliphatic heterocycles. The molecule has 0 saturated heterocycles. The Balaban J connectivity index is 1.94. The van der Waals surface area contributed by atoms with Gasteiger partial charge in [0.15, 0.2) is 0 Å². The zero-order chi connectivity index (χ0) is 14.8. The van der Waals surface area contributed by atoms with Crippen LogP contribution in [0.1, 0.15) is 15.9 Å². The Morgan fingerprint density at radius 2 is 2.10 bits per heavy atom. The van der Waals surface area contributed by atoms with E-state index in [1.165, 1.54) is 0 Å². The number of nitrogens with zero attached hydrogens (tertiary/aromatic N) is 1. The third-order valence-corrected chi connectivity index (χ3v) is 3.84. The van der Waals surface area contributed by atoms with Crippen LogP contribution in [0.2, 0.25) is 0 Å². The summed E-state index contributed by atoms with van der Waals surface area (Å²) in [6.45, 7) is 0. The van der Waals surface area contributed by atoms with Gasteiger partial charge >= 0.3 is 0 Å². The van der Waals surface area contributed by atoms with E-state index >= 15 is 0 Å². The number of benzene rings is 2. The molecule has 0 radical (unpaired) electrons. The van der Waals surface area contributed by atoms with E-state index in [4.69, 9.17) is 5.26 Å². The molecule has 3 aromatic rings. The highest BCUT2D eigenvalue weighted by Gasteiger charge is 2.12. The number of fused-ring (bicyclic) bond motifs is 1. The summed E-state index contributed by atoms with van der Waals surface area (Å²) in [5, 5.41) is 12.6. The first-order valence-corrected chi connectivity index (χ1v) is 7.05. The van der Waals surface area contributed by atoms with Crippen molar-refractivity contribution in [2.75, 3.05) is 5.32 Å². The van der Waals surface area contributed by atoms with Crippen molar-refractivity contribution in [2.24, 2.45) is 0 Å². The van der Waals surface area contributed by atoms with Crippen LogP contribution in [0, 0.1) is 11.3 Å². The number of amides is 1. The van der Waals surface area contributed by atoms with E-state index in [2.05, 4.69) is 32.3 Å². The minimum atomic E-state index is -0.189. The highest BCUT2D eigenvalue weighted by atomic mass is 79.9. The van der Waals surface area contributed by atoms with Gasteiger partial charge in [0.1, 0.15) is 0 Å². The molecule has 21 heavy (non-hydrogen) atoms. The SMILES string of the molecule is N#Cc1ccc(NC(=O)c2cccc3[nH]ccc23)c(Br)c1. The minimum Gasteiger partial charge on any atom is -0.361 e. The Morgan fingerprint density at radius 1 is 1.24 bits per heavy atom. The standard InChI is InChI=1S/C16H10BrN3O/c17-13-8-10(9-18)4-5-15(13)20-16(21)12-2-1-3-14-11(12)6-7-19-14/h1-8,19H,(H,20,21). The maximum atomic E-state index is 12.4. The first-order valence-electron chi connectivity index (χ1n) is 6.26. The minimum absolute atomic E-state index is 0.189. The predicted octanol–water partition coefficient (Wildman–Crippen LogP) is 4.05. The fourth-order valence-electron chi connectivity index (χ4n) is 2.16. The van der Waals surface area contributed by atoms with Gasteiger partial charge in [-0.1, -0.05) is 6.07 Å². The van der Waals surface area contributed by atoms with Crippen LogP contribution in [-0.2, 0) is 0 Å². The molecule has 4 nitrogen and oxygen atoms in total. The van der Waals surface area contributed by atoms with Gasteiger partial charge in [0.25, 0.3) is 5.91 Å². The normalized spacial score (nSPS) is 10.3. The Hall–Kier alpha value is -2.58. The number of nitrogens with one attached hydrogen (secondary N) is 2. The smallest absolute Gasteiger partial charge is 0.256 e. The first-order chi connectivity index (χ1) is 10.2. The number of halogens is 1. The lowest BCUT2D eigenvalue weighted by Crippen LogP contribution is -2.12. The van der Waals surface area contributed by atoms with E-state index < -0.39 is 0 Å². The summed E-state index contributed by atoms with van der Waals surface area (Å²) in [5.41, 5.74) is 2.69. The lowest BCUT2D eigenvalue weighted by Gasteiger charge is -2.08. The van der Waals surface area contributed by atoms with Crippen molar-refractivity contribution >= 4 is 38.4 Å². The van der Waals surface area contributed by atoms with E-state index in [0.29, 0.717) is 21.3 Å². The van der Waals surface area contributed by atoms with Crippen molar-refractivity contribution in [1.82, 2.24) is 4.98 Å². The first kappa shape index (κ1) is 13.4. The number of H-pyrrole nitrogens is 1. The van der Waals surface area contributed by atoms with Crippen molar-refractivity contribution in [3.05, 3.63) is 64.3 Å². The van der Waals surface area contributed by atoms with Gasteiger partial charge < -0.3 is 10.3 Å². The van der Waals surface area contributed by atoms with E-state index in [9.17, 15) is 4.79 Å². The van der Waals surface area contributed by atoms with Gasteiger partial charge in [0.05, 0.1) is 17.3 Å². The topological polar surface area (TPSA) is 68.7 Å². The van der Waals surface area contributed by atoms with Gasteiger partial charge in [0.2, 0.25) is 0 Å². The number of rotatable bonds is 2. The van der Waals surface area contributed by atoms with Gasteiger partial charge in [-0.2, -0.15) is 5.26 Å². The van der Waals surface area contributed by atoms with Crippen LogP contribution in [0.25, 0.3) is 10.9 Å². The lowest BCUT2D eigenvalue weighted by atomic mass is 10.1. The van der Waals surface area contributed by atoms with Crippen molar-refractivity contribution in [1.29, 1.82) is 5.26 Å². The van der Waals surface area contributed by atoms with Crippen LogP contribution in [0.4, 0.5) is 5.69 Å². The fourth-order valence-corrected chi connectivity index (χ4v) is 2.64. The lowest BCUT2D eigenvalue weighted by molar-refractivity contribution is 0.102. The maximum absolute atomic E-state index is 12.4. The molecule has 0 saturated carbocycles. The summed E-state index contributed by atoms with van der Waals surface area (Å²) in [4.78, 5) is 15.5. The fraction of sp³-hybridized carbons (Fsp3) is 0. The zero-order valence-corrected chi connectivity index (χ0v) is 12.4. The number of carbonyl (C=O) groups is 1. The van der Waals surface area contributed by atoms with Crippen LogP contribution >= 0.6 is 15.9 Å².